The first-order valence-corrected chi connectivity index (χ1v) is 19.9. The molecule has 1 amide bonds. The molecule has 4 aromatic rings. The van der Waals surface area contributed by atoms with Gasteiger partial charge in [0, 0.05) is 55.4 Å². The summed E-state index contributed by atoms with van der Waals surface area (Å²) >= 11 is 0. The highest BCUT2D eigenvalue weighted by Gasteiger charge is 2.56. The monoisotopic (exact) mass is 831 g/mol. The molecule has 4 fully saturated rings. The number of anilines is 1. The number of aromatic amines is 1. The Hall–Kier alpha value is -4.32. The van der Waals surface area contributed by atoms with Gasteiger partial charge in [-0.25, -0.2) is 4.99 Å². The second-order valence-corrected chi connectivity index (χ2v) is 15.6. The number of aliphatic imine (C=N–C) groups is 1. The van der Waals surface area contributed by atoms with E-state index < -0.39 is 81.7 Å². The summed E-state index contributed by atoms with van der Waals surface area (Å²) < 4.78 is 29.5. The SMILES string of the molecule is CN1CCN(CC(=O)N(C)c2ccc(N=C(c3ccccc3)c3c(O)[nH]c4cc(B5O[C@@H]6[C@@H](O5)[C@@H](O)O[C@H](CO)[C@H]6O[C@@H]5O[C@H](CO)[C@H](O)[C@H](O)[C@H]5O)ccc34)cc2)CC1. The summed E-state index contributed by atoms with van der Waals surface area (Å²) in [5.41, 5.74) is 4.00. The lowest BCUT2D eigenvalue weighted by Crippen LogP contribution is -2.64. The fourth-order valence-corrected chi connectivity index (χ4v) is 8.09. The number of aliphatic hydroxyl groups is 6. The maximum atomic E-state index is 13.1. The number of hydrogen-bond acceptors (Lipinski definition) is 16. The molecule has 60 heavy (non-hydrogen) atoms. The average molecular weight is 832 g/mol. The zero-order chi connectivity index (χ0) is 42.2. The zero-order valence-electron chi connectivity index (χ0n) is 33.1. The molecule has 0 saturated carbocycles. The Kier molecular flexibility index (Phi) is 12.7. The van der Waals surface area contributed by atoms with E-state index >= 15 is 0 Å². The molecule has 4 saturated heterocycles. The molecule has 8 rings (SSSR count). The quantitative estimate of drug-likeness (QED) is 0.0643. The topological polar surface area (TPSA) is 243 Å². The predicted molar refractivity (Wildman–Crippen MR) is 217 cm³/mol. The van der Waals surface area contributed by atoms with Crippen molar-refractivity contribution in [2.45, 2.75) is 61.4 Å². The van der Waals surface area contributed by atoms with Gasteiger partial charge in [0.05, 0.1) is 36.7 Å². The Balaban J connectivity index is 1.03. The molecule has 3 aromatic carbocycles. The molecule has 0 unspecified atom stereocenters. The molecule has 0 aliphatic carbocycles. The van der Waals surface area contributed by atoms with E-state index in [1.165, 1.54) is 0 Å². The van der Waals surface area contributed by atoms with Gasteiger partial charge in [0.2, 0.25) is 5.91 Å². The van der Waals surface area contributed by atoms with E-state index in [9.17, 15) is 40.5 Å². The predicted octanol–water partition coefficient (Wildman–Crippen LogP) is -1.37. The van der Waals surface area contributed by atoms with Gasteiger partial charge < -0.3 is 74.0 Å². The number of hydrogen-bond donors (Lipinski definition) is 8. The minimum absolute atomic E-state index is 0.00359. The molecule has 1 aromatic heterocycles. The number of H-pyrrole nitrogens is 1. The average Bonchev–Trinajstić information content (AvgIpc) is 3.86. The second kappa shape index (κ2) is 18.0. The molecule has 0 radical (unpaired) electrons. The molecule has 10 atom stereocenters. The number of rotatable bonds is 11. The number of carbonyl (C=O) groups is 1. The summed E-state index contributed by atoms with van der Waals surface area (Å²) in [7, 11) is 2.74. The van der Waals surface area contributed by atoms with Crippen LogP contribution in [-0.4, -0.2) is 191 Å². The van der Waals surface area contributed by atoms with Crippen molar-refractivity contribution in [3.8, 4) is 5.88 Å². The number of likely N-dealkylation sites (N-methyl/N-ethyl adjacent to an activating group) is 2. The van der Waals surface area contributed by atoms with Crippen molar-refractivity contribution in [1.82, 2.24) is 14.8 Å². The van der Waals surface area contributed by atoms with Crippen LogP contribution in [-0.2, 0) is 28.3 Å². The van der Waals surface area contributed by atoms with Crippen molar-refractivity contribution < 1.29 is 64.1 Å². The van der Waals surface area contributed by atoms with E-state index in [2.05, 4.69) is 21.8 Å². The van der Waals surface area contributed by atoms with E-state index in [1.807, 2.05) is 54.6 Å². The molecule has 0 bridgehead atoms. The van der Waals surface area contributed by atoms with E-state index in [0.29, 0.717) is 39.9 Å². The third-order valence-electron chi connectivity index (χ3n) is 11.7. The number of carbonyl (C=O) groups excluding carboxylic acids is 1. The summed E-state index contributed by atoms with van der Waals surface area (Å²) in [5.74, 6) is -0.142. The maximum Gasteiger partial charge on any atom is 0.494 e. The van der Waals surface area contributed by atoms with Gasteiger partial charge >= 0.3 is 7.12 Å². The second-order valence-electron chi connectivity index (χ2n) is 15.6. The normalized spacial score (nSPS) is 30.5. The standard InChI is InChI=1S/C41H50BN5O13/c1-45-14-16-47(17-15-45)19-30(50)46(2)25-11-9-24(10-12-25)43-32(22-6-4-3-5-7-22)31-26-13-8-23(18-27(26)44-39(31)54)42-59-37-36(29(21-49)56-40(55)38(37)60-42)58-41-35(53)34(52)33(51)28(20-48)57-41/h3-13,18,28-29,33-38,40-41,44,48-49,51-55H,14-17,19-21H2,1-2H3/t28-,29-,33+,34+,35-,36-,37+,38-,40+,41+/m1/s1. The van der Waals surface area contributed by atoms with Crippen molar-refractivity contribution in [1.29, 1.82) is 0 Å². The Labute approximate surface area is 345 Å². The lowest BCUT2D eigenvalue weighted by atomic mass is 9.79. The summed E-state index contributed by atoms with van der Waals surface area (Å²) in [6, 6.07) is 22.0. The molecule has 4 aliphatic heterocycles. The van der Waals surface area contributed by atoms with Crippen LogP contribution in [0.3, 0.4) is 0 Å². The van der Waals surface area contributed by atoms with Crippen LogP contribution in [0.1, 0.15) is 11.1 Å². The highest BCUT2D eigenvalue weighted by molar-refractivity contribution is 6.62. The maximum absolute atomic E-state index is 13.1. The van der Waals surface area contributed by atoms with Crippen molar-refractivity contribution in [2.24, 2.45) is 4.99 Å². The van der Waals surface area contributed by atoms with E-state index in [1.54, 1.807) is 30.1 Å². The van der Waals surface area contributed by atoms with Gasteiger partial charge in [0.15, 0.2) is 18.5 Å². The van der Waals surface area contributed by atoms with Crippen molar-refractivity contribution in [3.05, 3.63) is 83.9 Å². The minimum Gasteiger partial charge on any atom is -0.494 e. The number of nitrogens with zero attached hydrogens (tertiary/aromatic N) is 4. The van der Waals surface area contributed by atoms with Crippen LogP contribution in [0, 0.1) is 0 Å². The lowest BCUT2D eigenvalue weighted by Gasteiger charge is -2.45. The van der Waals surface area contributed by atoms with E-state index in [0.717, 1.165) is 37.4 Å². The summed E-state index contributed by atoms with van der Waals surface area (Å²) in [6.45, 7) is 2.57. The zero-order valence-corrected chi connectivity index (χ0v) is 33.1. The highest BCUT2D eigenvalue weighted by atomic mass is 16.8. The summed E-state index contributed by atoms with van der Waals surface area (Å²) in [5, 5.41) is 73.9. The first-order chi connectivity index (χ1) is 28.9. The molecule has 320 valence electrons. The first-order valence-electron chi connectivity index (χ1n) is 19.9. The number of aromatic hydroxyl groups is 1. The fourth-order valence-electron chi connectivity index (χ4n) is 8.09. The van der Waals surface area contributed by atoms with Gasteiger partial charge in [-0.3, -0.25) is 9.69 Å². The van der Waals surface area contributed by atoms with Crippen molar-refractivity contribution >= 4 is 46.5 Å². The molecule has 18 nitrogen and oxygen atoms in total. The van der Waals surface area contributed by atoms with Gasteiger partial charge in [-0.05, 0) is 42.8 Å². The molecule has 5 heterocycles. The van der Waals surface area contributed by atoms with E-state index in [-0.39, 0.29) is 11.8 Å². The Bertz CT molecular complexity index is 2140. The van der Waals surface area contributed by atoms with Gasteiger partial charge in [0.25, 0.3) is 0 Å². The molecule has 19 heteroatoms. The largest absolute Gasteiger partial charge is 0.494 e. The Morgan fingerprint density at radius 3 is 2.28 bits per heavy atom. The number of nitrogens with one attached hydrogen (secondary N) is 1. The first kappa shape index (κ1) is 42.4. The van der Waals surface area contributed by atoms with Crippen LogP contribution in [0.2, 0.25) is 0 Å². The van der Waals surface area contributed by atoms with Gasteiger partial charge in [0.1, 0.15) is 48.8 Å². The number of fused-ring (bicyclic) bond motifs is 2. The number of ether oxygens (including phenoxy) is 3. The number of benzene rings is 3. The smallest absolute Gasteiger partial charge is 0.494 e. The lowest BCUT2D eigenvalue weighted by molar-refractivity contribution is -0.345. The molecular formula is C41H50BN5O13. The summed E-state index contributed by atoms with van der Waals surface area (Å²) in [6.07, 6.45) is -14.0. The van der Waals surface area contributed by atoms with Gasteiger partial charge in [-0.1, -0.05) is 42.5 Å². The fraction of sp³-hybridized carbons (Fsp3) is 0.463. The Morgan fingerprint density at radius 1 is 0.883 bits per heavy atom. The van der Waals surface area contributed by atoms with E-state index in [4.69, 9.17) is 28.5 Å². The number of aliphatic hydroxyl groups excluding tert-OH is 6. The number of piperazine rings is 1. The van der Waals surface area contributed by atoms with Gasteiger partial charge in [-0.2, -0.15) is 0 Å². The summed E-state index contributed by atoms with van der Waals surface area (Å²) in [4.78, 5) is 27.2. The third-order valence-corrected chi connectivity index (χ3v) is 11.7. The van der Waals surface area contributed by atoms with Crippen LogP contribution >= 0.6 is 0 Å². The van der Waals surface area contributed by atoms with Crippen LogP contribution < -0.4 is 10.4 Å². The molecule has 4 aliphatic rings. The van der Waals surface area contributed by atoms with Crippen LogP contribution in [0.15, 0.2) is 77.8 Å². The minimum atomic E-state index is -1.74. The van der Waals surface area contributed by atoms with Crippen molar-refractivity contribution in [3.63, 3.8) is 0 Å². The number of amides is 1. The van der Waals surface area contributed by atoms with Gasteiger partial charge in [-0.15, -0.1) is 0 Å². The Morgan fingerprint density at radius 2 is 1.58 bits per heavy atom. The van der Waals surface area contributed by atoms with Crippen LogP contribution in [0.4, 0.5) is 11.4 Å². The molecular weight excluding hydrogens is 781 g/mol. The molecule has 8 N–H and O–H groups in total. The van der Waals surface area contributed by atoms with Crippen LogP contribution in [0.25, 0.3) is 10.9 Å². The number of aromatic nitrogens is 1. The highest BCUT2D eigenvalue weighted by Crippen LogP contribution is 2.36. The third kappa shape index (κ3) is 8.46. The van der Waals surface area contributed by atoms with Crippen LogP contribution in [0.5, 0.6) is 5.88 Å². The van der Waals surface area contributed by atoms with Crippen molar-refractivity contribution in [2.75, 3.05) is 64.9 Å². The molecule has 0 spiro atoms.